The summed E-state index contributed by atoms with van der Waals surface area (Å²) in [5, 5.41) is 0. The Morgan fingerprint density at radius 2 is 1.38 bits per heavy atom. The van der Waals surface area contributed by atoms with Gasteiger partial charge in [-0.3, -0.25) is 9.59 Å². The first kappa shape index (κ1) is 20.9. The van der Waals surface area contributed by atoms with Gasteiger partial charge in [0.25, 0.3) is 0 Å². The molecule has 2 aliphatic carbocycles. The van der Waals surface area contributed by atoms with Crippen LogP contribution in [0.25, 0.3) is 5.70 Å². The van der Waals surface area contributed by atoms with Crippen molar-refractivity contribution in [2.45, 2.75) is 33.1 Å². The molecule has 0 unspecified atom stereocenters. The second-order valence-electron chi connectivity index (χ2n) is 10.4. The van der Waals surface area contributed by atoms with Crippen LogP contribution in [0.2, 0.25) is 0 Å². The van der Waals surface area contributed by atoms with Gasteiger partial charge in [0, 0.05) is 46.0 Å². The first-order valence-corrected chi connectivity index (χ1v) is 12.0. The summed E-state index contributed by atoms with van der Waals surface area (Å²) >= 11 is 0. The van der Waals surface area contributed by atoms with E-state index in [1.54, 1.807) is 0 Å². The van der Waals surface area contributed by atoms with E-state index in [4.69, 9.17) is 0 Å². The lowest BCUT2D eigenvalue weighted by Gasteiger charge is -2.44. The van der Waals surface area contributed by atoms with Crippen LogP contribution in [0.5, 0.6) is 0 Å². The summed E-state index contributed by atoms with van der Waals surface area (Å²) in [4.78, 5) is 29.9. The number of fused-ring (bicyclic) bond motifs is 2. The zero-order valence-corrected chi connectivity index (χ0v) is 19.5. The molecule has 3 heteroatoms. The highest BCUT2D eigenvalue weighted by atomic mass is 16.1. The predicted octanol–water partition coefficient (Wildman–Crippen LogP) is 6.62. The molecule has 3 aromatic carbocycles. The number of hydrogen-bond acceptors (Lipinski definition) is 3. The van der Waals surface area contributed by atoms with E-state index >= 15 is 0 Å². The van der Waals surface area contributed by atoms with E-state index < -0.39 is 0 Å². The fourth-order valence-corrected chi connectivity index (χ4v) is 5.94. The topological polar surface area (TPSA) is 37.4 Å². The number of carbonyl (C=O) groups is 2. The minimum Gasteiger partial charge on any atom is -0.313 e. The van der Waals surface area contributed by atoms with Crippen molar-refractivity contribution in [2.75, 3.05) is 4.90 Å². The third-order valence-electron chi connectivity index (χ3n) is 7.31. The number of rotatable bonds is 3. The van der Waals surface area contributed by atoms with Gasteiger partial charge < -0.3 is 4.90 Å². The van der Waals surface area contributed by atoms with Gasteiger partial charge in [0.05, 0.1) is 5.70 Å². The van der Waals surface area contributed by atoms with E-state index in [0.29, 0.717) is 12.8 Å². The van der Waals surface area contributed by atoms with Crippen LogP contribution in [0.4, 0.5) is 5.69 Å². The van der Waals surface area contributed by atoms with Crippen molar-refractivity contribution >= 4 is 23.0 Å². The molecule has 168 valence electrons. The first-order valence-electron chi connectivity index (χ1n) is 12.0. The van der Waals surface area contributed by atoms with Gasteiger partial charge in [-0.25, -0.2) is 0 Å². The van der Waals surface area contributed by atoms with Gasteiger partial charge in [-0.2, -0.15) is 0 Å². The summed E-state index contributed by atoms with van der Waals surface area (Å²) in [7, 11) is 0. The molecule has 3 aliphatic rings. The molecular formula is C31H27NO2. The zero-order chi connectivity index (χ0) is 23.4. The Bertz CT molecular complexity index is 1380. The fraction of sp³-hybridized carbons (Fsp3) is 0.226. The van der Waals surface area contributed by atoms with Crippen LogP contribution in [-0.4, -0.2) is 11.6 Å². The minimum atomic E-state index is -0.240. The lowest BCUT2D eigenvalue weighted by molar-refractivity contribution is -0.118. The number of nitrogens with zero attached hydrogens (tertiary/aromatic N) is 1. The van der Waals surface area contributed by atoms with Crippen LogP contribution >= 0.6 is 0 Å². The fourth-order valence-electron chi connectivity index (χ4n) is 5.94. The van der Waals surface area contributed by atoms with Gasteiger partial charge in [0.1, 0.15) is 0 Å². The monoisotopic (exact) mass is 445 g/mol. The quantitative estimate of drug-likeness (QED) is 0.455. The molecule has 6 rings (SSSR count). The van der Waals surface area contributed by atoms with Gasteiger partial charge in [-0.05, 0) is 36.0 Å². The second-order valence-corrected chi connectivity index (χ2v) is 10.4. The smallest absolute Gasteiger partial charge is 0.192 e. The number of Topliss-reactive ketones (excluding diaryl/α,β-unsaturated/α-hetero) is 2. The maximum atomic E-state index is 13.9. The largest absolute Gasteiger partial charge is 0.313 e. The Kier molecular flexibility index (Phi) is 4.70. The number of ketones is 2. The highest BCUT2D eigenvalue weighted by Crippen LogP contribution is 2.54. The molecule has 0 spiro atoms. The molecule has 0 saturated heterocycles. The third kappa shape index (κ3) is 3.19. The standard InChI is InChI=1S/C31H27NO2/c1-31(2)18-25-27(26(33)19-31)24(17-20-11-5-3-6-12-20)28-29(32(25)21-13-7-4-8-14-21)22-15-9-10-16-23(22)30(28)34/h3-16,24H,17-19H2,1-2H3/t24-/m0/s1. The molecule has 1 atom stereocenters. The number of carbonyl (C=O) groups excluding carboxylic acids is 2. The molecule has 0 N–H and O–H groups in total. The SMILES string of the molecule is CC1(C)CC(=O)C2=C(C1)N(c1ccccc1)C1=C(C(=O)c3ccccc31)[C@H]2Cc1ccccc1. The van der Waals surface area contributed by atoms with Gasteiger partial charge in [0.15, 0.2) is 11.6 Å². The molecule has 3 aromatic rings. The molecule has 0 fully saturated rings. The van der Waals surface area contributed by atoms with Crippen molar-refractivity contribution in [1.82, 2.24) is 0 Å². The molecule has 0 radical (unpaired) electrons. The van der Waals surface area contributed by atoms with Crippen molar-refractivity contribution in [3.8, 4) is 0 Å². The highest BCUT2D eigenvalue weighted by molar-refractivity contribution is 6.25. The van der Waals surface area contributed by atoms with E-state index in [0.717, 1.165) is 51.3 Å². The van der Waals surface area contributed by atoms with Crippen molar-refractivity contribution in [3.63, 3.8) is 0 Å². The predicted molar refractivity (Wildman–Crippen MR) is 135 cm³/mol. The van der Waals surface area contributed by atoms with Crippen molar-refractivity contribution in [3.05, 3.63) is 118 Å². The number of para-hydroxylation sites is 1. The Hall–Kier alpha value is -3.72. The average Bonchev–Trinajstić information content (AvgIpc) is 3.12. The summed E-state index contributed by atoms with van der Waals surface area (Å²) in [6.45, 7) is 4.34. The summed E-state index contributed by atoms with van der Waals surface area (Å²) < 4.78 is 0. The summed E-state index contributed by atoms with van der Waals surface area (Å²) in [5.41, 5.74) is 7.29. The lowest BCUT2D eigenvalue weighted by Crippen LogP contribution is -2.40. The maximum Gasteiger partial charge on any atom is 0.192 e. The molecule has 1 heterocycles. The molecule has 34 heavy (non-hydrogen) atoms. The van der Waals surface area contributed by atoms with Crippen molar-refractivity contribution in [2.24, 2.45) is 11.3 Å². The van der Waals surface area contributed by atoms with E-state index in [1.165, 1.54) is 0 Å². The van der Waals surface area contributed by atoms with Crippen molar-refractivity contribution in [1.29, 1.82) is 0 Å². The molecular weight excluding hydrogens is 418 g/mol. The third-order valence-corrected chi connectivity index (χ3v) is 7.31. The molecule has 0 saturated carbocycles. The van der Waals surface area contributed by atoms with Gasteiger partial charge in [-0.1, -0.05) is 86.6 Å². The van der Waals surface area contributed by atoms with Crippen LogP contribution in [0, 0.1) is 11.3 Å². The summed E-state index contributed by atoms with van der Waals surface area (Å²) in [5.74, 6) is -0.0177. The van der Waals surface area contributed by atoms with E-state index in [9.17, 15) is 9.59 Å². The van der Waals surface area contributed by atoms with Crippen LogP contribution < -0.4 is 4.90 Å². The Labute approximate surface area is 200 Å². The first-order chi connectivity index (χ1) is 16.4. The van der Waals surface area contributed by atoms with Crippen LogP contribution in [0.15, 0.2) is 102 Å². The number of allylic oxidation sites excluding steroid dienone is 3. The number of hydrogen-bond donors (Lipinski definition) is 0. The average molecular weight is 446 g/mol. The highest BCUT2D eigenvalue weighted by Gasteiger charge is 2.48. The van der Waals surface area contributed by atoms with Crippen LogP contribution in [0.3, 0.4) is 0 Å². The molecule has 1 aliphatic heterocycles. The van der Waals surface area contributed by atoms with Crippen LogP contribution in [0.1, 0.15) is 48.2 Å². The van der Waals surface area contributed by atoms with E-state index in [-0.39, 0.29) is 22.9 Å². The lowest BCUT2D eigenvalue weighted by atomic mass is 9.68. The van der Waals surface area contributed by atoms with Gasteiger partial charge >= 0.3 is 0 Å². The number of benzene rings is 3. The zero-order valence-electron chi connectivity index (χ0n) is 19.5. The van der Waals surface area contributed by atoms with Gasteiger partial charge in [0.2, 0.25) is 0 Å². The Morgan fingerprint density at radius 3 is 2.09 bits per heavy atom. The van der Waals surface area contributed by atoms with E-state index in [2.05, 4.69) is 43.0 Å². The summed E-state index contributed by atoms with van der Waals surface area (Å²) in [6, 6.07) is 28.3. The molecule has 0 amide bonds. The maximum absolute atomic E-state index is 13.9. The molecule has 3 nitrogen and oxygen atoms in total. The summed E-state index contributed by atoms with van der Waals surface area (Å²) in [6.07, 6.45) is 1.94. The van der Waals surface area contributed by atoms with Crippen molar-refractivity contribution < 1.29 is 9.59 Å². The van der Waals surface area contributed by atoms with Gasteiger partial charge in [-0.15, -0.1) is 0 Å². The van der Waals surface area contributed by atoms with E-state index in [1.807, 2.05) is 60.7 Å². The number of anilines is 1. The van der Waals surface area contributed by atoms with Crippen LogP contribution in [-0.2, 0) is 11.2 Å². The second kappa shape index (κ2) is 7.66. The minimum absolute atomic E-state index is 0.0524. The normalized spacial score (nSPS) is 20.9. The Morgan fingerprint density at radius 1 is 0.765 bits per heavy atom. The molecule has 0 aromatic heterocycles. The molecule has 0 bridgehead atoms. The Balaban J connectivity index is 1.64.